The highest BCUT2D eigenvalue weighted by molar-refractivity contribution is 14.0. The lowest BCUT2D eigenvalue weighted by molar-refractivity contribution is -0.143. The molecule has 1 aromatic rings. The van der Waals surface area contributed by atoms with Gasteiger partial charge in [-0.1, -0.05) is 6.07 Å². The van der Waals surface area contributed by atoms with Crippen molar-refractivity contribution in [3.63, 3.8) is 0 Å². The van der Waals surface area contributed by atoms with Crippen LogP contribution < -0.4 is 10.6 Å². The summed E-state index contributed by atoms with van der Waals surface area (Å²) in [4.78, 5) is 9.64. The van der Waals surface area contributed by atoms with Crippen LogP contribution in [-0.2, 0) is 0 Å². The molecular formula is C19H31F3IN5S. The number of rotatable bonds is 7. The lowest BCUT2D eigenvalue weighted by Crippen LogP contribution is -2.44. The quantitative estimate of drug-likeness (QED) is 0.313. The van der Waals surface area contributed by atoms with Crippen LogP contribution in [0, 0.1) is 5.92 Å². The van der Waals surface area contributed by atoms with Crippen molar-refractivity contribution in [2.24, 2.45) is 10.9 Å². The van der Waals surface area contributed by atoms with Crippen molar-refractivity contribution in [3.8, 4) is 0 Å². The van der Waals surface area contributed by atoms with Crippen molar-refractivity contribution in [1.29, 1.82) is 0 Å². The van der Waals surface area contributed by atoms with Gasteiger partial charge in [0.1, 0.15) is 0 Å². The molecule has 2 fully saturated rings. The highest BCUT2D eigenvalue weighted by Crippen LogP contribution is 2.28. The van der Waals surface area contributed by atoms with Crippen molar-refractivity contribution in [2.45, 2.75) is 31.5 Å². The summed E-state index contributed by atoms with van der Waals surface area (Å²) in [5.74, 6) is 0.933. The zero-order chi connectivity index (χ0) is 20.0. The Labute approximate surface area is 192 Å². The molecule has 2 aliphatic rings. The van der Waals surface area contributed by atoms with Gasteiger partial charge in [-0.25, -0.2) is 0 Å². The van der Waals surface area contributed by atoms with E-state index in [2.05, 4.69) is 38.0 Å². The van der Waals surface area contributed by atoms with Gasteiger partial charge in [0.2, 0.25) is 0 Å². The summed E-state index contributed by atoms with van der Waals surface area (Å²) in [6, 6.07) is 4.59. The van der Waals surface area contributed by atoms with Crippen LogP contribution in [0.25, 0.3) is 0 Å². The van der Waals surface area contributed by atoms with Crippen LogP contribution in [-0.4, -0.2) is 74.8 Å². The van der Waals surface area contributed by atoms with Crippen LogP contribution in [0.1, 0.15) is 30.2 Å². The molecule has 0 radical (unpaired) electrons. The van der Waals surface area contributed by atoms with E-state index in [1.54, 1.807) is 18.4 Å². The first-order chi connectivity index (χ1) is 13.4. The van der Waals surface area contributed by atoms with E-state index in [1.807, 2.05) is 0 Å². The Morgan fingerprint density at radius 3 is 2.66 bits per heavy atom. The molecule has 5 nitrogen and oxygen atoms in total. The first kappa shape index (κ1) is 24.7. The monoisotopic (exact) mass is 545 g/mol. The van der Waals surface area contributed by atoms with E-state index in [4.69, 9.17) is 0 Å². The van der Waals surface area contributed by atoms with Gasteiger partial charge in [-0.05, 0) is 56.3 Å². The number of aliphatic imine (C=N–C) groups is 1. The molecule has 1 aromatic heterocycles. The maximum absolute atomic E-state index is 12.5. The van der Waals surface area contributed by atoms with E-state index in [1.165, 1.54) is 22.6 Å². The van der Waals surface area contributed by atoms with E-state index in [0.717, 1.165) is 32.0 Å². The van der Waals surface area contributed by atoms with Crippen LogP contribution in [0.5, 0.6) is 0 Å². The van der Waals surface area contributed by atoms with Gasteiger partial charge in [-0.3, -0.25) is 14.8 Å². The first-order valence-corrected chi connectivity index (χ1v) is 10.8. The predicted molar refractivity (Wildman–Crippen MR) is 123 cm³/mol. The van der Waals surface area contributed by atoms with E-state index in [-0.39, 0.29) is 29.9 Å². The predicted octanol–water partition coefficient (Wildman–Crippen LogP) is 3.55. The molecule has 166 valence electrons. The molecule has 2 atom stereocenters. The fourth-order valence-corrected chi connectivity index (χ4v) is 4.94. The summed E-state index contributed by atoms with van der Waals surface area (Å²) in [6.45, 7) is 3.82. The average Bonchev–Trinajstić information content (AvgIpc) is 3.39. The van der Waals surface area contributed by atoms with Crippen LogP contribution in [0.3, 0.4) is 0 Å². The Morgan fingerprint density at radius 2 is 2.03 bits per heavy atom. The van der Waals surface area contributed by atoms with Crippen molar-refractivity contribution >= 4 is 41.3 Å². The van der Waals surface area contributed by atoms with Crippen LogP contribution in [0.2, 0.25) is 0 Å². The number of nitrogens with zero attached hydrogens (tertiary/aromatic N) is 3. The summed E-state index contributed by atoms with van der Waals surface area (Å²) >= 11 is 1.78. The minimum absolute atomic E-state index is 0. The Bertz CT molecular complexity index is 620. The van der Waals surface area contributed by atoms with Gasteiger partial charge in [0, 0.05) is 31.6 Å². The van der Waals surface area contributed by atoms with Crippen LogP contribution in [0.4, 0.5) is 13.2 Å². The molecule has 2 unspecified atom stereocenters. The molecule has 0 saturated carbocycles. The molecule has 0 spiro atoms. The molecule has 2 N–H and O–H groups in total. The second-order valence-corrected chi connectivity index (χ2v) is 8.59. The largest absolute Gasteiger partial charge is 0.401 e. The summed E-state index contributed by atoms with van der Waals surface area (Å²) in [5, 5.41) is 8.83. The Kier molecular flexibility index (Phi) is 9.96. The number of alkyl halides is 3. The van der Waals surface area contributed by atoms with Gasteiger partial charge >= 0.3 is 6.18 Å². The zero-order valence-electron chi connectivity index (χ0n) is 16.7. The third-order valence-electron chi connectivity index (χ3n) is 5.47. The standard InChI is InChI=1S/C19H30F3N5S.HI/c1-23-18(24-11-15-6-9-26(13-15)14-19(20,21)22)25-12-16(17-5-4-10-28-17)27-7-2-3-8-27;/h4-5,10,15-16H,2-3,6-9,11-14H2,1H3,(H2,23,24,25);1H. The molecule has 2 aliphatic heterocycles. The average molecular weight is 545 g/mol. The molecule has 0 aliphatic carbocycles. The minimum atomic E-state index is -4.12. The fraction of sp³-hybridized carbons (Fsp3) is 0.737. The second-order valence-electron chi connectivity index (χ2n) is 7.61. The fourth-order valence-electron chi connectivity index (χ4n) is 4.08. The van der Waals surface area contributed by atoms with Crippen LogP contribution >= 0.6 is 35.3 Å². The van der Waals surface area contributed by atoms with Crippen molar-refractivity contribution in [2.75, 3.05) is 52.9 Å². The summed E-state index contributed by atoms with van der Waals surface area (Å²) in [7, 11) is 1.73. The zero-order valence-corrected chi connectivity index (χ0v) is 19.9. The van der Waals surface area contributed by atoms with E-state index >= 15 is 0 Å². The molecule has 0 amide bonds. The first-order valence-electron chi connectivity index (χ1n) is 9.95. The molecule has 2 saturated heterocycles. The maximum atomic E-state index is 12.5. The maximum Gasteiger partial charge on any atom is 0.401 e. The van der Waals surface area contributed by atoms with Crippen molar-refractivity contribution < 1.29 is 13.2 Å². The number of hydrogen-bond donors (Lipinski definition) is 2. The molecule has 0 bridgehead atoms. The molecule has 10 heteroatoms. The van der Waals surface area contributed by atoms with E-state index in [0.29, 0.717) is 25.7 Å². The summed E-state index contributed by atoms with van der Waals surface area (Å²) < 4.78 is 37.6. The summed E-state index contributed by atoms with van der Waals surface area (Å²) in [5.41, 5.74) is 0. The van der Waals surface area contributed by atoms with Gasteiger partial charge < -0.3 is 10.6 Å². The highest BCUT2D eigenvalue weighted by Gasteiger charge is 2.34. The lowest BCUT2D eigenvalue weighted by Gasteiger charge is -2.27. The normalized spacial score (nSPS) is 22.5. The van der Waals surface area contributed by atoms with Crippen molar-refractivity contribution in [3.05, 3.63) is 22.4 Å². The third kappa shape index (κ3) is 7.87. The number of guanidine groups is 1. The Morgan fingerprint density at radius 1 is 1.28 bits per heavy atom. The molecule has 3 rings (SSSR count). The van der Waals surface area contributed by atoms with Crippen molar-refractivity contribution in [1.82, 2.24) is 20.4 Å². The second kappa shape index (κ2) is 11.7. The Balaban J connectivity index is 0.00000300. The van der Waals surface area contributed by atoms with Gasteiger partial charge in [0.05, 0.1) is 12.6 Å². The Hall–Kier alpha value is -0.590. The van der Waals surface area contributed by atoms with Crippen LogP contribution in [0.15, 0.2) is 22.5 Å². The highest BCUT2D eigenvalue weighted by atomic mass is 127. The van der Waals surface area contributed by atoms with E-state index in [9.17, 15) is 13.2 Å². The number of thiophene rings is 1. The minimum Gasteiger partial charge on any atom is -0.356 e. The summed E-state index contributed by atoms with van der Waals surface area (Å²) in [6.07, 6.45) is -0.853. The van der Waals surface area contributed by atoms with Gasteiger partial charge in [-0.2, -0.15) is 13.2 Å². The molecule has 0 aromatic carbocycles. The van der Waals surface area contributed by atoms with E-state index < -0.39 is 12.7 Å². The molecule has 3 heterocycles. The number of hydrogen-bond acceptors (Lipinski definition) is 4. The van der Waals surface area contributed by atoms with Gasteiger partial charge in [0.25, 0.3) is 0 Å². The number of nitrogens with one attached hydrogen (secondary N) is 2. The van der Waals surface area contributed by atoms with Gasteiger partial charge in [0.15, 0.2) is 5.96 Å². The number of likely N-dealkylation sites (tertiary alicyclic amines) is 2. The SMILES string of the molecule is CN=C(NCC1CCN(CC(F)(F)F)C1)NCC(c1cccs1)N1CCCC1.I. The lowest BCUT2D eigenvalue weighted by atomic mass is 10.1. The number of halogens is 4. The third-order valence-corrected chi connectivity index (χ3v) is 6.44. The van der Waals surface area contributed by atoms with Gasteiger partial charge in [-0.15, -0.1) is 35.3 Å². The molecule has 29 heavy (non-hydrogen) atoms. The topological polar surface area (TPSA) is 42.9 Å². The molecular weight excluding hydrogens is 514 g/mol. The smallest absolute Gasteiger partial charge is 0.356 e.